The number of thiazole rings is 1. The van der Waals surface area contributed by atoms with Crippen LogP contribution >= 0.6 is 11.3 Å². The van der Waals surface area contributed by atoms with Gasteiger partial charge in [-0.05, 0) is 26.4 Å². The molecule has 106 valence electrons. The van der Waals surface area contributed by atoms with Gasteiger partial charge in [-0.25, -0.2) is 4.98 Å². The fourth-order valence-electron chi connectivity index (χ4n) is 2.18. The van der Waals surface area contributed by atoms with Gasteiger partial charge < -0.3 is 10.2 Å². The largest absolute Gasteiger partial charge is 0.339 e. The highest BCUT2D eigenvalue weighted by Gasteiger charge is 2.16. The van der Waals surface area contributed by atoms with Gasteiger partial charge in [0.25, 0.3) is 0 Å². The lowest BCUT2D eigenvalue weighted by Crippen LogP contribution is -2.39. The van der Waals surface area contributed by atoms with Crippen molar-refractivity contribution in [2.75, 3.05) is 39.8 Å². The zero-order valence-electron chi connectivity index (χ0n) is 11.7. The van der Waals surface area contributed by atoms with Gasteiger partial charge in [-0.2, -0.15) is 0 Å². The molecule has 5 nitrogen and oxygen atoms in total. The summed E-state index contributed by atoms with van der Waals surface area (Å²) in [6, 6.07) is 0. The van der Waals surface area contributed by atoms with Crippen molar-refractivity contribution >= 4 is 17.2 Å². The molecule has 1 aromatic heterocycles. The van der Waals surface area contributed by atoms with Gasteiger partial charge in [-0.3, -0.25) is 9.69 Å². The second-order valence-electron chi connectivity index (χ2n) is 4.99. The highest BCUT2D eigenvalue weighted by Crippen LogP contribution is 2.10. The molecule has 1 N–H and O–H groups in total. The fraction of sp³-hybridized carbons (Fsp3) is 0.692. The molecule has 0 radical (unpaired) electrons. The van der Waals surface area contributed by atoms with Crippen LogP contribution in [0.25, 0.3) is 0 Å². The maximum absolute atomic E-state index is 12.2. The van der Waals surface area contributed by atoms with Crippen LogP contribution in [0.3, 0.4) is 0 Å². The molecule has 2 heterocycles. The van der Waals surface area contributed by atoms with E-state index in [1.165, 1.54) is 0 Å². The van der Waals surface area contributed by atoms with Crippen LogP contribution in [0, 0.1) is 6.92 Å². The molecule has 0 atom stereocenters. The summed E-state index contributed by atoms with van der Waals surface area (Å²) < 4.78 is 0. The van der Waals surface area contributed by atoms with E-state index >= 15 is 0 Å². The Bertz CT molecular complexity index is 413. The summed E-state index contributed by atoms with van der Waals surface area (Å²) in [5, 5.41) is 6.42. The molecule has 1 aliphatic rings. The van der Waals surface area contributed by atoms with Gasteiger partial charge in [0.1, 0.15) is 0 Å². The molecule has 0 aliphatic carbocycles. The lowest BCUT2D eigenvalue weighted by atomic mass is 10.3. The summed E-state index contributed by atoms with van der Waals surface area (Å²) in [5.41, 5.74) is 0.982. The third-order valence-corrected chi connectivity index (χ3v) is 4.11. The fourth-order valence-corrected chi connectivity index (χ4v) is 2.79. The summed E-state index contributed by atoms with van der Waals surface area (Å²) in [5.74, 6) is 0.174. The van der Waals surface area contributed by atoms with Crippen LogP contribution in [0.1, 0.15) is 17.1 Å². The molecule has 1 saturated heterocycles. The number of hydrogen-bond donors (Lipinski definition) is 1. The van der Waals surface area contributed by atoms with E-state index in [1.807, 2.05) is 19.4 Å². The number of nitrogens with one attached hydrogen (secondary N) is 1. The van der Waals surface area contributed by atoms with E-state index < -0.39 is 0 Å². The molecule has 1 fully saturated rings. The van der Waals surface area contributed by atoms with Crippen molar-refractivity contribution in [1.29, 1.82) is 0 Å². The summed E-state index contributed by atoms with van der Waals surface area (Å²) in [7, 11) is 1.85. The third-order valence-electron chi connectivity index (χ3n) is 3.28. The molecule has 0 bridgehead atoms. The summed E-state index contributed by atoms with van der Waals surface area (Å²) >= 11 is 1.63. The number of nitrogens with zero attached hydrogens (tertiary/aromatic N) is 3. The van der Waals surface area contributed by atoms with Crippen LogP contribution < -0.4 is 5.32 Å². The highest BCUT2D eigenvalue weighted by molar-refractivity contribution is 7.09. The van der Waals surface area contributed by atoms with E-state index in [2.05, 4.69) is 15.2 Å². The van der Waals surface area contributed by atoms with Crippen molar-refractivity contribution in [3.63, 3.8) is 0 Å². The van der Waals surface area contributed by atoms with Crippen molar-refractivity contribution in [3.05, 3.63) is 16.1 Å². The average molecular weight is 282 g/mol. The number of hydrogen-bond acceptors (Lipinski definition) is 5. The zero-order chi connectivity index (χ0) is 13.7. The average Bonchev–Trinajstić information content (AvgIpc) is 2.64. The van der Waals surface area contributed by atoms with Gasteiger partial charge in [0.15, 0.2) is 0 Å². The second-order valence-corrected chi connectivity index (χ2v) is 6.05. The molecule has 1 aromatic rings. The van der Waals surface area contributed by atoms with E-state index in [0.717, 1.165) is 43.3 Å². The normalized spacial score (nSPS) is 17.2. The summed E-state index contributed by atoms with van der Waals surface area (Å²) in [6.45, 7) is 7.09. The predicted octanol–water partition coefficient (Wildman–Crippen LogP) is 0.705. The quantitative estimate of drug-likeness (QED) is 0.883. The van der Waals surface area contributed by atoms with Crippen molar-refractivity contribution < 1.29 is 4.79 Å². The van der Waals surface area contributed by atoms with E-state index in [9.17, 15) is 4.79 Å². The van der Waals surface area contributed by atoms with Crippen LogP contribution in [-0.4, -0.2) is 60.5 Å². The molecule has 6 heteroatoms. The number of likely N-dealkylation sites (N-methyl/N-ethyl adjacent to an activating group) is 1. The van der Waals surface area contributed by atoms with Gasteiger partial charge in [-0.1, -0.05) is 0 Å². The first-order valence-electron chi connectivity index (χ1n) is 6.73. The predicted molar refractivity (Wildman–Crippen MR) is 77.3 cm³/mol. The standard InChI is InChI=1S/C13H22N4OS/c1-11-15-12(10-19-11)8-16(2)13(18)9-17-6-3-4-14-5-7-17/h10,14H,3-9H2,1-2H3. The SMILES string of the molecule is Cc1nc(CN(C)C(=O)CN2CCCNCC2)cs1. The molecule has 0 unspecified atom stereocenters. The van der Waals surface area contributed by atoms with Gasteiger partial charge in [0, 0.05) is 25.5 Å². The first-order valence-corrected chi connectivity index (χ1v) is 7.61. The number of carbonyl (C=O) groups excluding carboxylic acids is 1. The number of rotatable bonds is 4. The Balaban J connectivity index is 1.81. The number of aromatic nitrogens is 1. The van der Waals surface area contributed by atoms with E-state index in [0.29, 0.717) is 13.1 Å². The topological polar surface area (TPSA) is 48.5 Å². The van der Waals surface area contributed by atoms with E-state index in [4.69, 9.17) is 0 Å². The first kappa shape index (κ1) is 14.4. The Kier molecular flexibility index (Phi) is 5.30. The highest BCUT2D eigenvalue weighted by atomic mass is 32.1. The van der Waals surface area contributed by atoms with Crippen LogP contribution in [0.15, 0.2) is 5.38 Å². The minimum absolute atomic E-state index is 0.174. The Hall–Kier alpha value is -0.980. The Labute approximate surface area is 118 Å². The Morgan fingerprint density at radius 3 is 3.11 bits per heavy atom. The second kappa shape index (κ2) is 6.98. The van der Waals surface area contributed by atoms with Crippen molar-refractivity contribution in [2.24, 2.45) is 0 Å². The van der Waals surface area contributed by atoms with Crippen LogP contribution in [0.2, 0.25) is 0 Å². The van der Waals surface area contributed by atoms with Crippen LogP contribution in [0.4, 0.5) is 0 Å². The minimum Gasteiger partial charge on any atom is -0.339 e. The lowest BCUT2D eigenvalue weighted by molar-refractivity contribution is -0.131. The van der Waals surface area contributed by atoms with E-state index in [-0.39, 0.29) is 5.91 Å². The van der Waals surface area contributed by atoms with Crippen molar-refractivity contribution in [3.8, 4) is 0 Å². The lowest BCUT2D eigenvalue weighted by Gasteiger charge is -2.23. The van der Waals surface area contributed by atoms with Gasteiger partial charge in [0.05, 0.1) is 23.8 Å². The van der Waals surface area contributed by atoms with E-state index in [1.54, 1.807) is 16.2 Å². The monoisotopic (exact) mass is 282 g/mol. The van der Waals surface area contributed by atoms with Crippen LogP contribution in [-0.2, 0) is 11.3 Å². The number of amides is 1. The maximum Gasteiger partial charge on any atom is 0.236 e. The van der Waals surface area contributed by atoms with Gasteiger partial charge in [0.2, 0.25) is 5.91 Å². The van der Waals surface area contributed by atoms with Crippen molar-refractivity contribution in [2.45, 2.75) is 19.9 Å². The molecule has 1 aliphatic heterocycles. The summed E-state index contributed by atoms with van der Waals surface area (Å²) in [4.78, 5) is 20.6. The molecule has 19 heavy (non-hydrogen) atoms. The van der Waals surface area contributed by atoms with Crippen molar-refractivity contribution in [1.82, 2.24) is 20.1 Å². The molecule has 0 aromatic carbocycles. The maximum atomic E-state index is 12.2. The zero-order valence-corrected chi connectivity index (χ0v) is 12.5. The molecular weight excluding hydrogens is 260 g/mol. The molecular formula is C13H22N4OS. The molecule has 0 spiro atoms. The smallest absolute Gasteiger partial charge is 0.236 e. The third kappa shape index (κ3) is 4.56. The molecule has 2 rings (SSSR count). The Morgan fingerprint density at radius 2 is 2.37 bits per heavy atom. The first-order chi connectivity index (χ1) is 9.15. The molecule has 1 amide bonds. The Morgan fingerprint density at radius 1 is 1.53 bits per heavy atom. The van der Waals surface area contributed by atoms with Gasteiger partial charge >= 0.3 is 0 Å². The number of aryl methyl sites for hydroxylation is 1. The molecule has 0 saturated carbocycles. The van der Waals surface area contributed by atoms with Crippen LogP contribution in [0.5, 0.6) is 0 Å². The van der Waals surface area contributed by atoms with Gasteiger partial charge in [-0.15, -0.1) is 11.3 Å². The summed E-state index contributed by atoms with van der Waals surface area (Å²) in [6.07, 6.45) is 1.11. The number of carbonyl (C=O) groups is 1. The minimum atomic E-state index is 0.174.